The van der Waals surface area contributed by atoms with Gasteiger partial charge in [0.2, 0.25) is 0 Å². The van der Waals surface area contributed by atoms with E-state index in [9.17, 15) is 0 Å². The molecule has 0 radical (unpaired) electrons. The van der Waals surface area contributed by atoms with Crippen molar-refractivity contribution in [3.8, 4) is 12.3 Å². The van der Waals surface area contributed by atoms with Gasteiger partial charge in [0.25, 0.3) is 0 Å². The third kappa shape index (κ3) is 3.01. The number of allylic oxidation sites excluding steroid dienone is 2. The van der Waals surface area contributed by atoms with Gasteiger partial charge < -0.3 is 0 Å². The van der Waals surface area contributed by atoms with Crippen LogP contribution in [-0.4, -0.2) is 0 Å². The fourth-order valence-corrected chi connectivity index (χ4v) is 2.77. The van der Waals surface area contributed by atoms with Crippen molar-refractivity contribution in [3.63, 3.8) is 0 Å². The Morgan fingerprint density at radius 2 is 1.76 bits per heavy atom. The first kappa shape index (κ1) is 12.0. The molecule has 1 aromatic rings. The summed E-state index contributed by atoms with van der Waals surface area (Å²) in [5.41, 5.74) is 2.44. The lowest BCUT2D eigenvalue weighted by atomic mass is 9.78. The molecule has 0 amide bonds. The zero-order valence-corrected chi connectivity index (χ0v) is 10.5. The second-order valence-electron chi connectivity index (χ2n) is 4.90. The van der Waals surface area contributed by atoms with E-state index in [2.05, 4.69) is 49.3 Å². The van der Waals surface area contributed by atoms with Crippen molar-refractivity contribution in [2.45, 2.75) is 38.5 Å². The van der Waals surface area contributed by atoms with E-state index in [1.165, 1.54) is 31.2 Å². The Hall–Kier alpha value is -1.48. The molecule has 1 aliphatic rings. The first-order valence-electron chi connectivity index (χ1n) is 6.53. The van der Waals surface area contributed by atoms with Crippen LogP contribution in [0.2, 0.25) is 0 Å². The van der Waals surface area contributed by atoms with Crippen molar-refractivity contribution in [2.24, 2.45) is 5.92 Å². The summed E-state index contributed by atoms with van der Waals surface area (Å²) in [6, 6.07) is 8.53. The second-order valence-corrected chi connectivity index (χ2v) is 4.90. The highest BCUT2D eigenvalue weighted by molar-refractivity contribution is 5.35. The molecule has 0 atom stereocenters. The normalized spacial score (nSPS) is 24.7. The van der Waals surface area contributed by atoms with E-state index in [4.69, 9.17) is 6.42 Å². The molecule has 0 saturated heterocycles. The van der Waals surface area contributed by atoms with Crippen LogP contribution < -0.4 is 0 Å². The van der Waals surface area contributed by atoms with Gasteiger partial charge in [-0.1, -0.05) is 30.2 Å². The van der Waals surface area contributed by atoms with Gasteiger partial charge in [0.1, 0.15) is 0 Å². The summed E-state index contributed by atoms with van der Waals surface area (Å²) in [6.45, 7) is 2.12. The lowest BCUT2D eigenvalue weighted by molar-refractivity contribution is 0.375. The molecule has 0 unspecified atom stereocenters. The van der Waals surface area contributed by atoms with Crippen LogP contribution in [0.25, 0.3) is 0 Å². The summed E-state index contributed by atoms with van der Waals surface area (Å²) >= 11 is 0. The molecule has 17 heavy (non-hydrogen) atoms. The lowest BCUT2D eigenvalue weighted by Crippen LogP contribution is -2.11. The smallest absolute Gasteiger partial charge is 0.0242 e. The van der Waals surface area contributed by atoms with Crippen molar-refractivity contribution in [1.29, 1.82) is 0 Å². The summed E-state index contributed by atoms with van der Waals surface area (Å²) in [7, 11) is 0. The SMILES string of the molecule is C#Cc1ccc([C@H]2CC[C@H](/C=C/C)CC2)cc1. The molecule has 0 aliphatic heterocycles. The molecule has 1 aliphatic carbocycles. The van der Waals surface area contributed by atoms with Gasteiger partial charge in [0.05, 0.1) is 0 Å². The minimum atomic E-state index is 0.739. The third-order valence-electron chi connectivity index (χ3n) is 3.79. The van der Waals surface area contributed by atoms with Gasteiger partial charge in [-0.25, -0.2) is 0 Å². The zero-order valence-electron chi connectivity index (χ0n) is 10.5. The Kier molecular flexibility index (Phi) is 4.04. The van der Waals surface area contributed by atoms with Crippen LogP contribution in [0.15, 0.2) is 36.4 Å². The van der Waals surface area contributed by atoms with Gasteiger partial charge in [-0.15, -0.1) is 6.42 Å². The van der Waals surface area contributed by atoms with Gasteiger partial charge >= 0.3 is 0 Å². The number of rotatable bonds is 2. The molecule has 2 rings (SSSR count). The summed E-state index contributed by atoms with van der Waals surface area (Å²) < 4.78 is 0. The van der Waals surface area contributed by atoms with Crippen molar-refractivity contribution in [1.82, 2.24) is 0 Å². The second kappa shape index (κ2) is 5.73. The summed E-state index contributed by atoms with van der Waals surface area (Å²) in [5, 5.41) is 0. The molecule has 0 heterocycles. The molecule has 0 N–H and O–H groups in total. The first-order chi connectivity index (χ1) is 8.33. The Morgan fingerprint density at radius 1 is 1.12 bits per heavy atom. The largest absolute Gasteiger partial charge is 0.115 e. The number of terminal acetylenes is 1. The van der Waals surface area contributed by atoms with Crippen molar-refractivity contribution in [2.75, 3.05) is 0 Å². The van der Waals surface area contributed by atoms with E-state index in [1.54, 1.807) is 0 Å². The summed E-state index contributed by atoms with van der Waals surface area (Å²) in [6.07, 6.45) is 15.2. The molecule has 1 saturated carbocycles. The summed E-state index contributed by atoms with van der Waals surface area (Å²) in [4.78, 5) is 0. The van der Waals surface area contributed by atoms with Crippen LogP contribution in [0.5, 0.6) is 0 Å². The first-order valence-corrected chi connectivity index (χ1v) is 6.53. The molecular weight excluding hydrogens is 204 g/mol. The highest BCUT2D eigenvalue weighted by Crippen LogP contribution is 2.36. The maximum atomic E-state index is 5.37. The van der Waals surface area contributed by atoms with E-state index in [0.29, 0.717) is 0 Å². The molecular formula is C17H20. The molecule has 0 nitrogen and oxygen atoms in total. The topological polar surface area (TPSA) is 0 Å². The van der Waals surface area contributed by atoms with Gasteiger partial charge in [-0.05, 0) is 62.1 Å². The molecule has 0 heteroatoms. The van der Waals surface area contributed by atoms with E-state index < -0.39 is 0 Å². The molecule has 0 aromatic heterocycles. The predicted molar refractivity (Wildman–Crippen MR) is 73.9 cm³/mol. The lowest BCUT2D eigenvalue weighted by Gasteiger charge is -2.27. The minimum absolute atomic E-state index is 0.739. The Labute approximate surface area is 105 Å². The molecule has 1 aromatic carbocycles. The van der Waals surface area contributed by atoms with E-state index in [-0.39, 0.29) is 0 Å². The van der Waals surface area contributed by atoms with E-state index >= 15 is 0 Å². The maximum absolute atomic E-state index is 5.37. The van der Waals surface area contributed by atoms with Gasteiger partial charge in [-0.3, -0.25) is 0 Å². The molecule has 1 fully saturated rings. The van der Waals surface area contributed by atoms with E-state index in [1.807, 2.05) is 0 Å². The third-order valence-corrected chi connectivity index (χ3v) is 3.79. The van der Waals surface area contributed by atoms with Crippen molar-refractivity contribution in [3.05, 3.63) is 47.5 Å². The van der Waals surface area contributed by atoms with E-state index in [0.717, 1.165) is 17.4 Å². The number of hydrogen-bond acceptors (Lipinski definition) is 0. The highest BCUT2D eigenvalue weighted by Gasteiger charge is 2.20. The Balaban J connectivity index is 1.98. The van der Waals surface area contributed by atoms with Crippen LogP contribution in [0.3, 0.4) is 0 Å². The number of benzene rings is 1. The fourth-order valence-electron chi connectivity index (χ4n) is 2.77. The summed E-state index contributed by atoms with van der Waals surface area (Å²) in [5.74, 6) is 4.22. The van der Waals surface area contributed by atoms with Crippen molar-refractivity contribution >= 4 is 0 Å². The molecule has 0 bridgehead atoms. The number of hydrogen-bond donors (Lipinski definition) is 0. The molecule has 0 spiro atoms. The minimum Gasteiger partial charge on any atom is -0.115 e. The maximum Gasteiger partial charge on any atom is 0.0242 e. The average molecular weight is 224 g/mol. The quantitative estimate of drug-likeness (QED) is 0.512. The fraction of sp³-hybridized carbons (Fsp3) is 0.412. The monoisotopic (exact) mass is 224 g/mol. The van der Waals surface area contributed by atoms with Gasteiger partial charge in [-0.2, -0.15) is 0 Å². The van der Waals surface area contributed by atoms with Crippen LogP contribution in [0, 0.1) is 18.3 Å². The van der Waals surface area contributed by atoms with Gasteiger partial charge in [0, 0.05) is 5.56 Å². The van der Waals surface area contributed by atoms with Gasteiger partial charge in [0.15, 0.2) is 0 Å². The average Bonchev–Trinajstić information content (AvgIpc) is 2.40. The molecule has 88 valence electrons. The van der Waals surface area contributed by atoms with Crippen LogP contribution >= 0.6 is 0 Å². The zero-order chi connectivity index (χ0) is 12.1. The van der Waals surface area contributed by atoms with Crippen LogP contribution in [-0.2, 0) is 0 Å². The standard InChI is InChI=1S/C17H20/c1-3-5-15-8-12-17(13-9-15)16-10-6-14(4-2)7-11-16/h2-3,5-7,10-11,15,17H,8-9,12-13H2,1H3/b5-3+/t15-,17-. The predicted octanol–water partition coefficient (Wildman–Crippen LogP) is 4.52. The Bertz CT molecular complexity index is 408. The van der Waals surface area contributed by atoms with Crippen LogP contribution in [0.4, 0.5) is 0 Å². The van der Waals surface area contributed by atoms with Crippen LogP contribution in [0.1, 0.15) is 49.7 Å². The van der Waals surface area contributed by atoms with Crippen molar-refractivity contribution < 1.29 is 0 Å². The Morgan fingerprint density at radius 3 is 2.29 bits per heavy atom. The highest BCUT2D eigenvalue weighted by atomic mass is 14.2.